The van der Waals surface area contributed by atoms with E-state index in [1.54, 1.807) is 0 Å². The predicted octanol–water partition coefficient (Wildman–Crippen LogP) is -1.59. The van der Waals surface area contributed by atoms with E-state index in [1.165, 1.54) is 12.5 Å². The summed E-state index contributed by atoms with van der Waals surface area (Å²) in [5, 5.41) is 0. The van der Waals surface area contributed by atoms with Crippen LogP contribution in [0.25, 0.3) is 0 Å². The van der Waals surface area contributed by atoms with Crippen LogP contribution in [0.4, 0.5) is 0 Å². The van der Waals surface area contributed by atoms with Crippen LogP contribution >= 0.6 is 0 Å². The van der Waals surface area contributed by atoms with Crippen LogP contribution < -0.4 is 29.6 Å². The minimum atomic E-state index is 0. The fourth-order valence-electron chi connectivity index (χ4n) is 0.0680. The molecule has 0 aliphatic carbocycles. The molecule has 0 saturated carbocycles. The Balaban J connectivity index is -0.0000000800. The summed E-state index contributed by atoms with van der Waals surface area (Å²) < 4.78 is 4.36. The molecule has 0 spiro atoms. The van der Waals surface area contributed by atoms with Crippen molar-refractivity contribution in [2.24, 2.45) is 0 Å². The first-order valence-corrected chi connectivity index (χ1v) is 1.29. The minimum Gasteiger partial charge on any atom is -1.00 e. The Hall–Kier alpha value is 0.280. The molecule has 0 radical (unpaired) electrons. The van der Waals surface area contributed by atoms with Crippen LogP contribution in [-0.2, 0) is 4.74 Å². The number of hydrogen-bond donors (Lipinski definition) is 0. The normalized spacial score (nSPS) is 4.67. The molecule has 0 aliphatic rings. The van der Waals surface area contributed by atoms with Gasteiger partial charge in [-0.3, -0.25) is 0 Å². The molecule has 1 nitrogen and oxygen atoms in total. The summed E-state index contributed by atoms with van der Waals surface area (Å²) in [4.78, 5) is 0. The third kappa shape index (κ3) is 8.86. The molecule has 0 fully saturated rings. The quantitative estimate of drug-likeness (QED) is 0.296. The molecule has 0 unspecified atom stereocenters. The molecule has 0 rings (SSSR count). The van der Waals surface area contributed by atoms with E-state index in [0.29, 0.717) is 0 Å². The van der Waals surface area contributed by atoms with Gasteiger partial charge in [0.1, 0.15) is 0 Å². The molecule has 0 aromatic rings. The summed E-state index contributed by atoms with van der Waals surface area (Å²) >= 11 is 0. The molecular weight excluding hydrogens is 87.0 g/mol. The maximum absolute atomic E-state index is 4.36. The Bertz CT molecular complexity index is 41.0. The van der Waals surface area contributed by atoms with Gasteiger partial charge >= 0.3 is 29.6 Å². The Morgan fingerprint density at radius 2 is 1.67 bits per heavy atom. The second-order valence-corrected chi connectivity index (χ2v) is 0.469. The van der Waals surface area contributed by atoms with Crippen molar-refractivity contribution >= 4 is 0 Å². The first kappa shape index (κ1) is 9.56. The van der Waals surface area contributed by atoms with Gasteiger partial charge in [0.25, 0.3) is 0 Å². The number of hydrogen-bond acceptors (Lipinski definition) is 1. The van der Waals surface area contributed by atoms with Crippen molar-refractivity contribution < 1.29 is 35.7 Å². The van der Waals surface area contributed by atoms with Gasteiger partial charge in [0.05, 0.1) is 12.5 Å². The van der Waals surface area contributed by atoms with E-state index in [0.717, 1.165) is 0 Å². The first-order chi connectivity index (χ1) is 2.41. The molecule has 0 N–H and O–H groups in total. The van der Waals surface area contributed by atoms with Crippen molar-refractivity contribution in [3.8, 4) is 0 Å². The van der Waals surface area contributed by atoms with Crippen molar-refractivity contribution in [3.63, 3.8) is 0 Å². The molecule has 0 bridgehead atoms. The standard InChI is InChI=1S/C4H6O.Na.H/c1-3-5-4-2;;/h3-4H,1-2H2;;/q;+1;-1. The Kier molecular flexibility index (Phi) is 14.3. The zero-order valence-electron chi connectivity index (χ0n) is 4.98. The van der Waals surface area contributed by atoms with Gasteiger partial charge in [0, 0.05) is 0 Å². The molecule has 0 aromatic heterocycles. The van der Waals surface area contributed by atoms with E-state index in [-0.39, 0.29) is 31.0 Å². The van der Waals surface area contributed by atoms with Crippen LogP contribution in [0.2, 0.25) is 0 Å². The van der Waals surface area contributed by atoms with Gasteiger partial charge in [-0.25, -0.2) is 0 Å². The zero-order valence-corrected chi connectivity index (χ0v) is 5.98. The van der Waals surface area contributed by atoms with Crippen LogP contribution in [0.5, 0.6) is 0 Å². The van der Waals surface area contributed by atoms with E-state index in [2.05, 4.69) is 17.9 Å². The molecule has 0 heterocycles. The largest absolute Gasteiger partial charge is 1.00 e. The number of rotatable bonds is 2. The SMILES string of the molecule is C=COC=C.[H-].[Na+]. The zero-order chi connectivity index (χ0) is 4.12. The maximum atomic E-state index is 4.36. The molecular formula is C4H7NaO. The van der Waals surface area contributed by atoms with E-state index in [1.807, 2.05) is 0 Å². The van der Waals surface area contributed by atoms with E-state index in [9.17, 15) is 0 Å². The van der Waals surface area contributed by atoms with E-state index < -0.39 is 0 Å². The summed E-state index contributed by atoms with van der Waals surface area (Å²) in [5.74, 6) is 0. The van der Waals surface area contributed by atoms with Crippen LogP contribution in [0.15, 0.2) is 25.7 Å². The fourth-order valence-corrected chi connectivity index (χ4v) is 0.0680. The Morgan fingerprint density at radius 3 is 1.67 bits per heavy atom. The van der Waals surface area contributed by atoms with Crippen LogP contribution in [0.1, 0.15) is 1.43 Å². The summed E-state index contributed by atoms with van der Waals surface area (Å²) in [7, 11) is 0. The third-order valence-electron chi connectivity index (χ3n) is 0.192. The molecule has 0 atom stereocenters. The smallest absolute Gasteiger partial charge is 1.00 e. The van der Waals surface area contributed by atoms with Crippen LogP contribution in [-0.4, -0.2) is 0 Å². The van der Waals surface area contributed by atoms with Crippen molar-refractivity contribution in [2.75, 3.05) is 0 Å². The molecule has 0 amide bonds. The molecule has 6 heavy (non-hydrogen) atoms. The summed E-state index contributed by atoms with van der Waals surface area (Å²) in [6.07, 6.45) is 2.62. The molecule has 0 saturated heterocycles. The van der Waals surface area contributed by atoms with Gasteiger partial charge < -0.3 is 6.16 Å². The molecule has 0 aromatic carbocycles. The monoisotopic (exact) mass is 94.0 g/mol. The van der Waals surface area contributed by atoms with Gasteiger partial charge in [0.2, 0.25) is 0 Å². The van der Waals surface area contributed by atoms with Crippen molar-refractivity contribution in [3.05, 3.63) is 25.7 Å². The van der Waals surface area contributed by atoms with Crippen molar-refractivity contribution in [1.82, 2.24) is 0 Å². The second kappa shape index (κ2) is 8.99. The average Bonchev–Trinajstić information content (AvgIpc) is 1.41. The fraction of sp³-hybridized carbons (Fsp3) is 0. The van der Waals surface area contributed by atoms with Gasteiger partial charge in [-0.15, -0.1) is 0 Å². The minimum absolute atomic E-state index is 0. The maximum Gasteiger partial charge on any atom is 1.00 e. The van der Waals surface area contributed by atoms with Gasteiger partial charge in [-0.1, -0.05) is 13.2 Å². The molecule has 30 valence electrons. The summed E-state index contributed by atoms with van der Waals surface area (Å²) in [5.41, 5.74) is 0. The van der Waals surface area contributed by atoms with Crippen LogP contribution in [0, 0.1) is 0 Å². The summed E-state index contributed by atoms with van der Waals surface area (Å²) in [6, 6.07) is 0. The van der Waals surface area contributed by atoms with E-state index in [4.69, 9.17) is 0 Å². The topological polar surface area (TPSA) is 9.23 Å². The van der Waals surface area contributed by atoms with Crippen molar-refractivity contribution in [1.29, 1.82) is 0 Å². The third-order valence-corrected chi connectivity index (χ3v) is 0.192. The van der Waals surface area contributed by atoms with Gasteiger partial charge in [-0.05, 0) is 0 Å². The number of ether oxygens (including phenoxy) is 1. The van der Waals surface area contributed by atoms with Crippen LogP contribution in [0.3, 0.4) is 0 Å². The molecule has 2 heteroatoms. The van der Waals surface area contributed by atoms with E-state index >= 15 is 0 Å². The Labute approximate surface area is 61.5 Å². The summed E-state index contributed by atoms with van der Waals surface area (Å²) in [6.45, 7) is 6.51. The van der Waals surface area contributed by atoms with Gasteiger partial charge in [-0.2, -0.15) is 0 Å². The Morgan fingerprint density at radius 1 is 1.33 bits per heavy atom. The molecule has 0 aliphatic heterocycles. The van der Waals surface area contributed by atoms with Gasteiger partial charge in [0.15, 0.2) is 0 Å². The average molecular weight is 94.1 g/mol. The second-order valence-electron chi connectivity index (χ2n) is 0.469. The predicted molar refractivity (Wildman–Crippen MR) is 22.6 cm³/mol. The first-order valence-electron chi connectivity index (χ1n) is 1.29. The van der Waals surface area contributed by atoms with Crippen molar-refractivity contribution in [2.45, 2.75) is 0 Å².